The van der Waals surface area contributed by atoms with Crippen LogP contribution in [-0.4, -0.2) is 47.1 Å². The highest BCUT2D eigenvalue weighted by molar-refractivity contribution is 6.01. The summed E-state index contributed by atoms with van der Waals surface area (Å²) >= 11 is 0. The summed E-state index contributed by atoms with van der Waals surface area (Å²) in [5.41, 5.74) is 1.61. The molecule has 6 aliphatic rings. The summed E-state index contributed by atoms with van der Waals surface area (Å²) in [6, 6.07) is 5.51. The average molecular weight is 468 g/mol. The molecule has 4 aliphatic carbocycles. The molecule has 1 aromatic carbocycles. The molecule has 4 saturated carbocycles. The number of halogens is 1. The maximum Gasteiger partial charge on any atom is 0.255 e. The molecular weight excluding hydrogens is 433 g/mol. The topological polar surface area (TPSA) is 70.7 Å². The fourth-order valence-corrected chi connectivity index (χ4v) is 6.92. The smallest absolute Gasteiger partial charge is 0.255 e. The Morgan fingerprint density at radius 2 is 1.94 bits per heavy atom. The Hall–Kier alpha value is -2.41. The first-order chi connectivity index (χ1) is 16.3. The molecule has 3 atom stereocenters. The Morgan fingerprint density at radius 3 is 2.71 bits per heavy atom. The van der Waals surface area contributed by atoms with Crippen molar-refractivity contribution in [2.75, 3.05) is 6.54 Å². The second kappa shape index (κ2) is 8.08. The van der Waals surface area contributed by atoms with Crippen molar-refractivity contribution in [1.29, 1.82) is 0 Å². The van der Waals surface area contributed by atoms with Gasteiger partial charge in [0.15, 0.2) is 0 Å². The Morgan fingerprint density at radius 1 is 1.15 bits per heavy atom. The van der Waals surface area contributed by atoms with Gasteiger partial charge in [-0.05, 0) is 80.5 Å². The second-order valence-electron chi connectivity index (χ2n) is 11.4. The number of hydrogen-bond acceptors (Lipinski definition) is 4. The fourth-order valence-electron chi connectivity index (χ4n) is 6.92. The quantitative estimate of drug-likeness (QED) is 0.621. The maximum atomic E-state index is 13.9. The van der Waals surface area contributed by atoms with Crippen LogP contribution in [0, 0.1) is 5.41 Å². The highest BCUT2D eigenvalue weighted by Gasteiger charge is 2.68. The number of nitrogens with zero attached hydrogens (tertiary/aromatic N) is 1. The van der Waals surface area contributed by atoms with Gasteiger partial charge in [0.2, 0.25) is 5.91 Å². The molecule has 1 aromatic rings. The third-order valence-electron chi connectivity index (χ3n) is 8.66. The molecule has 0 aromatic heterocycles. The van der Waals surface area contributed by atoms with Crippen LogP contribution < -0.4 is 15.4 Å². The van der Waals surface area contributed by atoms with E-state index in [0.29, 0.717) is 49.9 Å². The zero-order valence-corrected chi connectivity index (χ0v) is 19.7. The number of amides is 2. The van der Waals surface area contributed by atoms with Gasteiger partial charge in [-0.2, -0.15) is 0 Å². The first-order valence-electron chi connectivity index (χ1n) is 12.8. The van der Waals surface area contributed by atoms with Crippen molar-refractivity contribution >= 4 is 11.8 Å². The summed E-state index contributed by atoms with van der Waals surface area (Å²) in [7, 11) is 0. The third-order valence-corrected chi connectivity index (χ3v) is 8.66. The van der Waals surface area contributed by atoms with Gasteiger partial charge in [-0.25, -0.2) is 4.39 Å². The van der Waals surface area contributed by atoms with Crippen LogP contribution in [0.4, 0.5) is 4.39 Å². The zero-order valence-electron chi connectivity index (χ0n) is 19.7. The SMILES string of the molecule is C=C1CCC(N2Cc3cc(O[C@@H]4CCCCC[C@@H]4NCC45CC(F)(C4)C5)ccc3C2=O)C(=O)N1. The Balaban J connectivity index is 1.12. The van der Waals surface area contributed by atoms with E-state index in [0.717, 1.165) is 37.1 Å². The number of carbonyl (C=O) groups excluding carboxylic acids is 2. The van der Waals surface area contributed by atoms with Crippen LogP contribution in [0.3, 0.4) is 0 Å². The number of alkyl halides is 1. The van der Waals surface area contributed by atoms with Crippen molar-refractivity contribution < 1.29 is 18.7 Å². The summed E-state index contributed by atoms with van der Waals surface area (Å²) in [4.78, 5) is 27.1. The lowest BCUT2D eigenvalue weighted by atomic mass is 9.42. The minimum Gasteiger partial charge on any atom is -0.489 e. The molecule has 2 amide bonds. The first kappa shape index (κ1) is 22.1. The predicted octanol–water partition coefficient (Wildman–Crippen LogP) is 4.00. The van der Waals surface area contributed by atoms with Gasteiger partial charge in [0.1, 0.15) is 23.6 Å². The van der Waals surface area contributed by atoms with E-state index in [1.54, 1.807) is 4.90 Å². The molecule has 2 bridgehead atoms. The van der Waals surface area contributed by atoms with Gasteiger partial charge < -0.3 is 20.3 Å². The van der Waals surface area contributed by atoms with Crippen LogP contribution in [0.25, 0.3) is 0 Å². The van der Waals surface area contributed by atoms with E-state index in [1.165, 1.54) is 12.8 Å². The van der Waals surface area contributed by atoms with Crippen molar-refractivity contribution in [3.63, 3.8) is 0 Å². The summed E-state index contributed by atoms with van der Waals surface area (Å²) in [6.45, 7) is 5.14. The van der Waals surface area contributed by atoms with Gasteiger partial charge in [-0.1, -0.05) is 19.4 Å². The van der Waals surface area contributed by atoms with E-state index in [9.17, 15) is 14.0 Å². The number of carbonyl (C=O) groups is 2. The summed E-state index contributed by atoms with van der Waals surface area (Å²) < 4.78 is 20.4. The number of fused-ring (bicyclic) bond motifs is 1. The van der Waals surface area contributed by atoms with E-state index in [2.05, 4.69) is 17.2 Å². The lowest BCUT2D eigenvalue weighted by molar-refractivity contribution is -0.211. The van der Waals surface area contributed by atoms with Crippen molar-refractivity contribution in [1.82, 2.24) is 15.5 Å². The van der Waals surface area contributed by atoms with E-state index in [1.807, 2.05) is 18.2 Å². The fraction of sp³-hybridized carbons (Fsp3) is 0.630. The molecule has 182 valence electrons. The van der Waals surface area contributed by atoms with Gasteiger partial charge in [0, 0.05) is 30.4 Å². The largest absolute Gasteiger partial charge is 0.489 e. The van der Waals surface area contributed by atoms with Gasteiger partial charge in [0.25, 0.3) is 5.91 Å². The molecule has 5 fully saturated rings. The highest BCUT2D eigenvalue weighted by atomic mass is 19.1. The van der Waals surface area contributed by atoms with Crippen molar-refractivity contribution in [3.8, 4) is 5.75 Å². The average Bonchev–Trinajstić information content (AvgIpc) is 2.92. The van der Waals surface area contributed by atoms with E-state index in [4.69, 9.17) is 4.74 Å². The Bertz CT molecular complexity index is 1020. The Kier molecular flexibility index (Phi) is 5.24. The minimum absolute atomic E-state index is 0.0654. The van der Waals surface area contributed by atoms with E-state index >= 15 is 0 Å². The van der Waals surface area contributed by atoms with Gasteiger partial charge in [0.05, 0.1) is 0 Å². The minimum atomic E-state index is -0.858. The molecule has 7 rings (SSSR count). The molecule has 2 N–H and O–H groups in total. The third kappa shape index (κ3) is 3.82. The van der Waals surface area contributed by atoms with E-state index in [-0.39, 0.29) is 29.4 Å². The van der Waals surface area contributed by atoms with E-state index < -0.39 is 11.7 Å². The van der Waals surface area contributed by atoms with Crippen LogP contribution in [0.2, 0.25) is 0 Å². The molecule has 2 heterocycles. The number of benzene rings is 1. The number of nitrogens with one attached hydrogen (secondary N) is 2. The van der Waals surface area contributed by atoms with Gasteiger partial charge in [-0.3, -0.25) is 9.59 Å². The maximum absolute atomic E-state index is 13.9. The van der Waals surface area contributed by atoms with Crippen LogP contribution in [0.1, 0.15) is 80.1 Å². The normalized spacial score (nSPS) is 36.8. The molecule has 7 heteroatoms. The first-order valence-corrected chi connectivity index (χ1v) is 12.8. The van der Waals surface area contributed by atoms with Crippen LogP contribution in [0.5, 0.6) is 5.75 Å². The summed E-state index contributed by atoms with van der Waals surface area (Å²) in [5, 5.41) is 6.53. The molecule has 1 saturated heterocycles. The number of allylic oxidation sites excluding steroid dienone is 1. The number of rotatable bonds is 6. The highest BCUT2D eigenvalue weighted by Crippen LogP contribution is 2.69. The summed E-state index contributed by atoms with van der Waals surface area (Å²) in [6.07, 6.45) is 9.10. The molecule has 2 aliphatic heterocycles. The van der Waals surface area contributed by atoms with Crippen LogP contribution in [-0.2, 0) is 11.3 Å². The van der Waals surface area contributed by atoms with Gasteiger partial charge >= 0.3 is 0 Å². The van der Waals surface area contributed by atoms with Crippen molar-refractivity contribution in [3.05, 3.63) is 41.6 Å². The standard InChI is InChI=1S/C27H34FN3O3/c1-17-7-10-22(24(32)30-17)31-12-18-11-19(8-9-20(18)25(31)33)34-23-6-4-2-3-5-21(23)29-16-26-13-27(28,14-26)15-26/h8-9,11,21-23,29H,1-7,10,12-16H2,(H,30,32)/t21-,22?,23+,26?,27?/m0/s1. The van der Waals surface area contributed by atoms with Crippen LogP contribution in [0.15, 0.2) is 30.5 Å². The number of hydrogen-bond donors (Lipinski definition) is 2. The van der Waals surface area contributed by atoms with Crippen molar-refractivity contribution in [2.24, 2.45) is 5.41 Å². The van der Waals surface area contributed by atoms with Gasteiger partial charge in [-0.15, -0.1) is 0 Å². The molecule has 0 radical (unpaired) electrons. The molecule has 34 heavy (non-hydrogen) atoms. The molecule has 6 nitrogen and oxygen atoms in total. The lowest BCUT2D eigenvalue weighted by Gasteiger charge is -2.66. The number of piperidine rings is 1. The Labute approximate surface area is 200 Å². The second-order valence-corrected chi connectivity index (χ2v) is 11.4. The molecule has 1 unspecified atom stereocenters. The predicted molar refractivity (Wildman–Crippen MR) is 126 cm³/mol. The number of ether oxygens (including phenoxy) is 1. The lowest BCUT2D eigenvalue weighted by Crippen LogP contribution is -2.68. The summed E-state index contributed by atoms with van der Waals surface area (Å²) in [5.74, 6) is 0.540. The monoisotopic (exact) mass is 467 g/mol. The zero-order chi connectivity index (χ0) is 23.5. The van der Waals surface area contributed by atoms with Crippen molar-refractivity contribution in [2.45, 2.75) is 94.6 Å². The van der Waals surface area contributed by atoms with Crippen LogP contribution >= 0.6 is 0 Å². The molecular formula is C27H34FN3O3. The molecule has 0 spiro atoms.